The number of benzene rings is 1. The van der Waals surface area contributed by atoms with E-state index in [-0.39, 0.29) is 11.6 Å². The van der Waals surface area contributed by atoms with Gasteiger partial charge < -0.3 is 24.7 Å². The van der Waals surface area contributed by atoms with Crippen molar-refractivity contribution in [2.75, 3.05) is 33.2 Å². The zero-order chi connectivity index (χ0) is 18.5. The van der Waals surface area contributed by atoms with Crippen LogP contribution in [0.3, 0.4) is 0 Å². The molecular weight excluding hydrogens is 341 g/mol. The van der Waals surface area contributed by atoms with E-state index in [9.17, 15) is 4.39 Å². The van der Waals surface area contributed by atoms with Gasteiger partial charge in [0.05, 0.1) is 19.2 Å². The van der Waals surface area contributed by atoms with Crippen LogP contribution in [0.25, 0.3) is 11.0 Å². The molecule has 0 radical (unpaired) electrons. The van der Waals surface area contributed by atoms with Crippen molar-refractivity contribution in [3.05, 3.63) is 42.3 Å². The van der Waals surface area contributed by atoms with E-state index in [1.807, 2.05) is 0 Å². The molecule has 136 valence electrons. The molecule has 0 fully saturated rings. The van der Waals surface area contributed by atoms with E-state index in [1.54, 1.807) is 31.5 Å². The fourth-order valence-electron chi connectivity index (χ4n) is 2.28. The van der Waals surface area contributed by atoms with Gasteiger partial charge in [0, 0.05) is 37.2 Å². The van der Waals surface area contributed by atoms with Crippen molar-refractivity contribution in [3.8, 4) is 23.1 Å². The minimum Gasteiger partial charge on any atom is -0.491 e. The highest BCUT2D eigenvalue weighted by Crippen LogP contribution is 2.34. The topological polar surface area (TPSA) is 88.7 Å². The molecule has 26 heavy (non-hydrogen) atoms. The number of nitrogens with zero attached hydrogens (tertiary/aromatic N) is 2. The molecular formula is C18H18FN3O4. The molecule has 2 N–H and O–H groups in total. The number of methoxy groups -OCH3 is 2. The summed E-state index contributed by atoms with van der Waals surface area (Å²) < 4.78 is 35.6. The molecule has 3 aromatic rings. The Morgan fingerprint density at radius 3 is 2.62 bits per heavy atom. The molecule has 0 bridgehead atoms. The summed E-state index contributed by atoms with van der Waals surface area (Å²) in [4.78, 5) is 8.67. The van der Waals surface area contributed by atoms with Crippen molar-refractivity contribution < 1.29 is 23.3 Å². The minimum atomic E-state index is -0.569. The predicted molar refractivity (Wildman–Crippen MR) is 94.3 cm³/mol. The third kappa shape index (κ3) is 3.75. The van der Waals surface area contributed by atoms with Crippen LogP contribution in [0.5, 0.6) is 23.1 Å². The molecule has 0 spiro atoms. The molecule has 0 aliphatic carbocycles. The van der Waals surface area contributed by atoms with Crippen LogP contribution in [0, 0.1) is 5.82 Å². The van der Waals surface area contributed by atoms with E-state index in [0.29, 0.717) is 41.4 Å². The second kappa shape index (κ2) is 7.83. The summed E-state index contributed by atoms with van der Waals surface area (Å²) in [6, 6.07) is 7.47. The highest BCUT2D eigenvalue weighted by molar-refractivity contribution is 5.83. The summed E-state index contributed by atoms with van der Waals surface area (Å²) in [5.74, 6) is 0.494. The van der Waals surface area contributed by atoms with Gasteiger partial charge in [-0.2, -0.15) is 0 Å². The lowest BCUT2D eigenvalue weighted by Crippen LogP contribution is -2.07. The van der Waals surface area contributed by atoms with Crippen LogP contribution in [0.1, 0.15) is 0 Å². The highest BCUT2D eigenvalue weighted by Gasteiger charge is 2.15. The molecule has 8 heteroatoms. The average molecular weight is 359 g/mol. The summed E-state index contributed by atoms with van der Waals surface area (Å²) >= 11 is 0. The second-order valence-corrected chi connectivity index (χ2v) is 5.31. The Kier molecular flexibility index (Phi) is 5.33. The van der Waals surface area contributed by atoms with Crippen LogP contribution in [0.2, 0.25) is 0 Å². The van der Waals surface area contributed by atoms with Crippen LogP contribution in [-0.4, -0.2) is 37.4 Å². The number of nitrogens with two attached hydrogens (primary N) is 1. The summed E-state index contributed by atoms with van der Waals surface area (Å²) in [5, 5.41) is 0. The number of rotatable bonds is 7. The van der Waals surface area contributed by atoms with Crippen molar-refractivity contribution in [3.63, 3.8) is 0 Å². The molecule has 0 atom stereocenters. The number of halogens is 1. The molecule has 0 saturated carbocycles. The lowest BCUT2D eigenvalue weighted by Gasteiger charge is -2.13. The Morgan fingerprint density at radius 2 is 1.88 bits per heavy atom. The molecule has 1 aromatic carbocycles. The Hall–Kier alpha value is -3.13. The molecule has 3 rings (SSSR count). The number of aromatic nitrogens is 2. The van der Waals surface area contributed by atoms with Crippen molar-refractivity contribution >= 4 is 16.7 Å². The van der Waals surface area contributed by atoms with E-state index >= 15 is 0 Å². The number of hydrogen-bond acceptors (Lipinski definition) is 7. The van der Waals surface area contributed by atoms with Crippen LogP contribution < -0.4 is 19.9 Å². The number of hydrogen-bond donors (Lipinski definition) is 1. The Morgan fingerprint density at radius 1 is 1.04 bits per heavy atom. The monoisotopic (exact) mass is 359 g/mol. The maximum absolute atomic E-state index is 14.0. The quantitative estimate of drug-likeness (QED) is 0.512. The van der Waals surface area contributed by atoms with Crippen molar-refractivity contribution in [1.82, 2.24) is 9.97 Å². The second-order valence-electron chi connectivity index (χ2n) is 5.31. The molecule has 0 unspecified atom stereocenters. The number of pyridine rings is 2. The summed E-state index contributed by atoms with van der Waals surface area (Å²) in [6.07, 6.45) is 1.54. The number of nitrogen functional groups attached to an aromatic ring is 1. The predicted octanol–water partition coefficient (Wildman–Crippen LogP) is 3.18. The number of ether oxygens (including phenoxy) is 4. The molecule has 0 saturated heterocycles. The number of anilines is 1. The van der Waals surface area contributed by atoms with E-state index in [4.69, 9.17) is 24.7 Å². The molecule has 0 amide bonds. The van der Waals surface area contributed by atoms with Crippen LogP contribution in [0.15, 0.2) is 36.5 Å². The van der Waals surface area contributed by atoms with Crippen molar-refractivity contribution in [2.45, 2.75) is 0 Å². The first-order valence-electron chi connectivity index (χ1n) is 7.80. The van der Waals surface area contributed by atoms with Gasteiger partial charge in [0.2, 0.25) is 0 Å². The SMILES string of the molecule is COCCOc1nc2c(Oc3ccc(N)cc3F)ccnc2cc1OC. The summed E-state index contributed by atoms with van der Waals surface area (Å²) in [5.41, 5.74) is 6.81. The fourth-order valence-corrected chi connectivity index (χ4v) is 2.28. The Bertz CT molecular complexity index is 920. The fraction of sp³-hybridized carbons (Fsp3) is 0.222. The maximum Gasteiger partial charge on any atom is 0.257 e. The van der Waals surface area contributed by atoms with Crippen LogP contribution in [-0.2, 0) is 4.74 Å². The third-order valence-corrected chi connectivity index (χ3v) is 3.53. The first kappa shape index (κ1) is 17.7. The van der Waals surface area contributed by atoms with Gasteiger partial charge in [0.15, 0.2) is 23.1 Å². The van der Waals surface area contributed by atoms with Crippen LogP contribution in [0.4, 0.5) is 10.1 Å². The summed E-state index contributed by atoms with van der Waals surface area (Å²) in [6.45, 7) is 0.699. The normalized spacial score (nSPS) is 10.7. The lowest BCUT2D eigenvalue weighted by molar-refractivity contribution is 0.141. The molecule has 2 aromatic heterocycles. The standard InChI is InChI=1S/C18H18FN3O4/c1-23-7-8-25-18-16(24-2)10-13-17(22-18)15(5-6-21-13)26-14-4-3-11(20)9-12(14)19/h3-6,9-10H,7-8,20H2,1-2H3. The van der Waals surface area contributed by atoms with Gasteiger partial charge in [-0.1, -0.05) is 0 Å². The zero-order valence-electron chi connectivity index (χ0n) is 14.4. The third-order valence-electron chi connectivity index (χ3n) is 3.53. The molecule has 0 aliphatic rings. The van der Waals surface area contributed by atoms with E-state index in [2.05, 4.69) is 9.97 Å². The van der Waals surface area contributed by atoms with E-state index in [0.717, 1.165) is 0 Å². The molecule has 2 heterocycles. The number of fused-ring (bicyclic) bond motifs is 1. The molecule has 7 nitrogen and oxygen atoms in total. The van der Waals surface area contributed by atoms with Gasteiger partial charge in [-0.05, 0) is 12.1 Å². The largest absolute Gasteiger partial charge is 0.491 e. The van der Waals surface area contributed by atoms with Gasteiger partial charge in [0.1, 0.15) is 12.1 Å². The van der Waals surface area contributed by atoms with Crippen LogP contribution >= 0.6 is 0 Å². The van der Waals surface area contributed by atoms with E-state index in [1.165, 1.54) is 19.2 Å². The van der Waals surface area contributed by atoms with Crippen molar-refractivity contribution in [2.24, 2.45) is 0 Å². The Labute approximate surface area is 149 Å². The van der Waals surface area contributed by atoms with Gasteiger partial charge >= 0.3 is 0 Å². The first-order valence-corrected chi connectivity index (χ1v) is 7.80. The van der Waals surface area contributed by atoms with Crippen molar-refractivity contribution in [1.29, 1.82) is 0 Å². The highest BCUT2D eigenvalue weighted by atomic mass is 19.1. The van der Waals surface area contributed by atoms with E-state index < -0.39 is 5.82 Å². The van der Waals surface area contributed by atoms with Gasteiger partial charge in [-0.3, -0.25) is 4.98 Å². The zero-order valence-corrected chi connectivity index (χ0v) is 14.4. The lowest BCUT2D eigenvalue weighted by atomic mass is 10.2. The smallest absolute Gasteiger partial charge is 0.257 e. The summed E-state index contributed by atoms with van der Waals surface area (Å²) in [7, 11) is 3.08. The Balaban J connectivity index is 2.00. The average Bonchev–Trinajstić information content (AvgIpc) is 2.64. The maximum atomic E-state index is 14.0. The van der Waals surface area contributed by atoms with Gasteiger partial charge in [-0.15, -0.1) is 0 Å². The van der Waals surface area contributed by atoms with Gasteiger partial charge in [0.25, 0.3) is 5.88 Å². The van der Waals surface area contributed by atoms with Gasteiger partial charge in [-0.25, -0.2) is 9.37 Å². The minimum absolute atomic E-state index is 0.0335. The first-order chi connectivity index (χ1) is 12.6. The molecule has 0 aliphatic heterocycles.